The molecule has 6 nitrogen and oxygen atoms in total. The molecule has 2 rings (SSSR count). The number of aromatic nitrogens is 3. The highest BCUT2D eigenvalue weighted by molar-refractivity contribution is 5.94. The molecule has 19 heavy (non-hydrogen) atoms. The predicted octanol–water partition coefficient (Wildman–Crippen LogP) is 0.967. The molecule has 1 aromatic heterocycles. The van der Waals surface area contributed by atoms with Crippen molar-refractivity contribution in [2.45, 2.75) is 6.18 Å². The van der Waals surface area contributed by atoms with Crippen molar-refractivity contribution in [2.24, 2.45) is 5.73 Å². The summed E-state index contributed by atoms with van der Waals surface area (Å²) in [5, 5.41) is 3.68. The number of carbonyl (C=O) groups is 1. The Morgan fingerprint density at radius 3 is 2.47 bits per heavy atom. The van der Waals surface area contributed by atoms with Crippen LogP contribution in [0.25, 0.3) is 5.69 Å². The highest BCUT2D eigenvalue weighted by Gasteiger charge is 2.35. The molecule has 1 amide bonds. The fraction of sp³-hybridized carbons (Fsp3) is 0.100. The van der Waals surface area contributed by atoms with Crippen LogP contribution in [0.15, 0.2) is 24.5 Å². The third-order valence-electron chi connectivity index (χ3n) is 2.35. The highest BCUT2D eigenvalue weighted by atomic mass is 19.4. The highest BCUT2D eigenvalue weighted by Crippen LogP contribution is 2.33. The smallest absolute Gasteiger partial charge is 0.366 e. The van der Waals surface area contributed by atoms with Crippen molar-refractivity contribution in [2.75, 3.05) is 5.73 Å². The summed E-state index contributed by atoms with van der Waals surface area (Å²) in [6.07, 6.45) is -3.54. The number of nitrogens with two attached hydrogens (primary N) is 2. The summed E-state index contributed by atoms with van der Waals surface area (Å²) in [5.74, 6) is -1.23. The van der Waals surface area contributed by atoms with E-state index < -0.39 is 23.2 Å². The summed E-state index contributed by atoms with van der Waals surface area (Å²) >= 11 is 0. The van der Waals surface area contributed by atoms with Crippen molar-refractivity contribution in [3.8, 4) is 5.69 Å². The molecule has 100 valence electrons. The summed E-state index contributed by atoms with van der Waals surface area (Å²) in [7, 11) is 0. The zero-order valence-corrected chi connectivity index (χ0v) is 9.35. The summed E-state index contributed by atoms with van der Waals surface area (Å²) < 4.78 is 39.6. The van der Waals surface area contributed by atoms with Gasteiger partial charge in [0.1, 0.15) is 6.33 Å². The summed E-state index contributed by atoms with van der Waals surface area (Å²) in [6.45, 7) is 0. The number of nitrogens with zero attached hydrogens (tertiary/aromatic N) is 3. The maximum absolute atomic E-state index is 12.8. The number of anilines is 1. The number of nitrogen functional groups attached to an aromatic ring is 1. The Morgan fingerprint density at radius 1 is 1.32 bits per heavy atom. The van der Waals surface area contributed by atoms with Crippen molar-refractivity contribution in [1.82, 2.24) is 14.8 Å². The molecule has 0 fully saturated rings. The van der Waals surface area contributed by atoms with Gasteiger partial charge in [-0.25, -0.2) is 9.67 Å². The van der Waals surface area contributed by atoms with E-state index in [1.807, 2.05) is 0 Å². The second-order valence-electron chi connectivity index (χ2n) is 3.64. The topological polar surface area (TPSA) is 99.8 Å². The largest absolute Gasteiger partial charge is 0.417 e. The first-order valence-corrected chi connectivity index (χ1v) is 4.97. The van der Waals surface area contributed by atoms with Gasteiger partial charge in [-0.3, -0.25) is 4.79 Å². The van der Waals surface area contributed by atoms with Gasteiger partial charge in [0, 0.05) is 0 Å². The van der Waals surface area contributed by atoms with Crippen molar-refractivity contribution >= 4 is 11.9 Å². The molecule has 0 aliphatic rings. The predicted molar refractivity (Wildman–Crippen MR) is 59.3 cm³/mol. The maximum atomic E-state index is 12.8. The third kappa shape index (κ3) is 2.49. The van der Waals surface area contributed by atoms with Crippen LogP contribution >= 0.6 is 0 Å². The van der Waals surface area contributed by atoms with Crippen LogP contribution in [0, 0.1) is 0 Å². The average molecular weight is 271 g/mol. The van der Waals surface area contributed by atoms with Gasteiger partial charge in [0.25, 0.3) is 0 Å². The van der Waals surface area contributed by atoms with E-state index >= 15 is 0 Å². The van der Waals surface area contributed by atoms with Crippen LogP contribution in [0.4, 0.5) is 19.1 Å². The van der Waals surface area contributed by atoms with Crippen molar-refractivity contribution in [1.29, 1.82) is 0 Å². The maximum Gasteiger partial charge on any atom is 0.417 e. The van der Waals surface area contributed by atoms with Gasteiger partial charge >= 0.3 is 6.18 Å². The van der Waals surface area contributed by atoms with Gasteiger partial charge in [-0.1, -0.05) is 0 Å². The second kappa shape index (κ2) is 4.26. The molecule has 0 radical (unpaired) electrons. The fourth-order valence-corrected chi connectivity index (χ4v) is 1.52. The van der Waals surface area contributed by atoms with Crippen molar-refractivity contribution < 1.29 is 18.0 Å². The quantitative estimate of drug-likeness (QED) is 0.849. The molecule has 0 aliphatic carbocycles. The van der Waals surface area contributed by atoms with Gasteiger partial charge < -0.3 is 11.5 Å². The van der Waals surface area contributed by atoms with Gasteiger partial charge in [-0.2, -0.15) is 13.2 Å². The molecule has 0 aliphatic heterocycles. The molecule has 0 unspecified atom stereocenters. The first kappa shape index (κ1) is 12.9. The van der Waals surface area contributed by atoms with Crippen LogP contribution in [-0.2, 0) is 6.18 Å². The number of hydrogen-bond acceptors (Lipinski definition) is 4. The van der Waals surface area contributed by atoms with E-state index in [1.54, 1.807) is 0 Å². The van der Waals surface area contributed by atoms with E-state index in [4.69, 9.17) is 11.5 Å². The van der Waals surface area contributed by atoms with E-state index in [9.17, 15) is 18.0 Å². The van der Waals surface area contributed by atoms with E-state index in [0.717, 1.165) is 23.1 Å². The van der Waals surface area contributed by atoms with E-state index in [1.165, 1.54) is 6.07 Å². The normalized spacial score (nSPS) is 11.5. The number of alkyl halides is 3. The molecule has 9 heteroatoms. The van der Waals surface area contributed by atoms with E-state index in [2.05, 4.69) is 10.1 Å². The van der Waals surface area contributed by atoms with Gasteiger partial charge in [0.2, 0.25) is 11.9 Å². The molecule has 1 aromatic carbocycles. The molecule has 0 spiro atoms. The number of halogens is 3. The number of amides is 1. The first-order chi connectivity index (χ1) is 8.79. The second-order valence-corrected chi connectivity index (χ2v) is 3.64. The van der Waals surface area contributed by atoms with Gasteiger partial charge in [-0.05, 0) is 18.2 Å². The number of rotatable bonds is 2. The Balaban J connectivity index is 2.59. The lowest BCUT2D eigenvalue weighted by Crippen LogP contribution is -2.19. The molecule has 1 heterocycles. The standard InChI is InChI=1S/C10H8F3N5O/c11-10(12,13)7-3-5(1-2-6(7)8(14)19)18-4-16-9(15)17-18/h1-4H,(H2,14,19)(H2,15,17). The van der Waals surface area contributed by atoms with E-state index in [-0.39, 0.29) is 11.6 Å². The number of hydrogen-bond donors (Lipinski definition) is 2. The SMILES string of the molecule is NC(=O)c1ccc(-n2cnc(N)n2)cc1C(F)(F)F. The Hall–Kier alpha value is -2.58. The van der Waals surface area contributed by atoms with Crippen molar-refractivity contribution in [3.63, 3.8) is 0 Å². The monoisotopic (exact) mass is 271 g/mol. The van der Waals surface area contributed by atoms with Crippen LogP contribution < -0.4 is 11.5 Å². The molecule has 0 saturated carbocycles. The van der Waals surface area contributed by atoms with Crippen LogP contribution in [0.5, 0.6) is 0 Å². The summed E-state index contributed by atoms with van der Waals surface area (Å²) in [4.78, 5) is 14.6. The van der Waals surface area contributed by atoms with Gasteiger partial charge in [0.15, 0.2) is 0 Å². The van der Waals surface area contributed by atoms with Crippen LogP contribution in [0.3, 0.4) is 0 Å². The Labute approximate surface area is 104 Å². The molecule has 2 aromatic rings. The number of primary amides is 1. The zero-order chi connectivity index (χ0) is 14.2. The Bertz CT molecular complexity index is 634. The van der Waals surface area contributed by atoms with Gasteiger partial charge in [-0.15, -0.1) is 5.10 Å². The average Bonchev–Trinajstić information content (AvgIpc) is 2.74. The number of benzene rings is 1. The third-order valence-corrected chi connectivity index (χ3v) is 2.35. The number of carbonyl (C=O) groups excluding carboxylic acids is 1. The lowest BCUT2D eigenvalue weighted by Gasteiger charge is -2.12. The fourth-order valence-electron chi connectivity index (χ4n) is 1.52. The molecule has 0 saturated heterocycles. The lowest BCUT2D eigenvalue weighted by molar-refractivity contribution is -0.137. The Kier molecular flexibility index (Phi) is 2.89. The van der Waals surface area contributed by atoms with Crippen LogP contribution in [0.2, 0.25) is 0 Å². The zero-order valence-electron chi connectivity index (χ0n) is 9.35. The molecular formula is C10H8F3N5O. The molecule has 0 bridgehead atoms. The van der Waals surface area contributed by atoms with Gasteiger partial charge in [0.05, 0.1) is 16.8 Å². The minimum Gasteiger partial charge on any atom is -0.366 e. The lowest BCUT2D eigenvalue weighted by atomic mass is 10.1. The molecule has 0 atom stereocenters. The molecular weight excluding hydrogens is 263 g/mol. The summed E-state index contributed by atoms with van der Waals surface area (Å²) in [5.41, 5.74) is 8.52. The Morgan fingerprint density at radius 2 is 2.00 bits per heavy atom. The van der Waals surface area contributed by atoms with Crippen LogP contribution in [-0.4, -0.2) is 20.7 Å². The van der Waals surface area contributed by atoms with E-state index in [0.29, 0.717) is 0 Å². The minimum absolute atomic E-state index is 0.0709. The molecule has 4 N–H and O–H groups in total. The minimum atomic E-state index is -4.70. The van der Waals surface area contributed by atoms with Crippen LogP contribution in [0.1, 0.15) is 15.9 Å². The summed E-state index contributed by atoms with van der Waals surface area (Å²) in [6, 6.07) is 3.01. The van der Waals surface area contributed by atoms with Crippen molar-refractivity contribution in [3.05, 3.63) is 35.7 Å². The first-order valence-electron chi connectivity index (χ1n) is 4.97.